The standard InChI is InChI=1S/C24H39N4O6PS2/c1-10-13-36-21-18(26-22(25)37-21)16-11-12-17(32-16)35(31,27-14(2)19(29)33-23(4,5)6)28-15(3)20(30)34-24(7,8)9/h11-12,14-15H,10,13H2,1-9H3,(H2,25,26)(H2,27,28,31)/t14-,15-/m0/s1. The number of anilines is 1. The van der Waals surface area contributed by atoms with E-state index < -0.39 is 42.7 Å². The summed E-state index contributed by atoms with van der Waals surface area (Å²) in [5.74, 6) is 0.0543. The number of hydrogen-bond donors (Lipinski definition) is 3. The molecule has 0 unspecified atom stereocenters. The van der Waals surface area contributed by atoms with Gasteiger partial charge in [0.15, 0.2) is 16.4 Å². The molecule has 0 amide bonds. The Morgan fingerprint density at radius 3 is 2.05 bits per heavy atom. The van der Waals surface area contributed by atoms with Crippen LogP contribution in [0.1, 0.15) is 68.7 Å². The van der Waals surface area contributed by atoms with E-state index in [9.17, 15) is 14.2 Å². The summed E-state index contributed by atoms with van der Waals surface area (Å²) in [5, 5.41) is 6.03. The molecule has 2 heterocycles. The number of nitrogens with zero attached hydrogens (tertiary/aromatic N) is 1. The Labute approximate surface area is 227 Å². The fourth-order valence-corrected chi connectivity index (χ4v) is 7.12. The van der Waals surface area contributed by atoms with E-state index >= 15 is 0 Å². The van der Waals surface area contributed by atoms with Crippen molar-refractivity contribution in [3.05, 3.63) is 12.1 Å². The molecule has 208 valence electrons. The van der Waals surface area contributed by atoms with Crippen LogP contribution in [0.3, 0.4) is 0 Å². The van der Waals surface area contributed by atoms with Gasteiger partial charge in [-0.05, 0) is 79.7 Å². The number of esters is 2. The van der Waals surface area contributed by atoms with Crippen LogP contribution in [-0.2, 0) is 23.6 Å². The minimum Gasteiger partial charge on any atom is -0.459 e. The zero-order valence-electron chi connectivity index (χ0n) is 23.0. The maximum atomic E-state index is 14.3. The molecule has 2 rings (SSSR count). The molecular formula is C24H39N4O6PS2. The van der Waals surface area contributed by atoms with E-state index in [0.717, 1.165) is 16.4 Å². The van der Waals surface area contributed by atoms with Gasteiger partial charge in [-0.1, -0.05) is 18.3 Å². The molecule has 10 nitrogen and oxygen atoms in total. The van der Waals surface area contributed by atoms with Crippen molar-refractivity contribution < 1.29 is 28.0 Å². The monoisotopic (exact) mass is 574 g/mol. The molecule has 4 N–H and O–H groups in total. The predicted molar refractivity (Wildman–Crippen MR) is 149 cm³/mol. The molecule has 37 heavy (non-hydrogen) atoms. The van der Waals surface area contributed by atoms with E-state index in [0.29, 0.717) is 16.6 Å². The van der Waals surface area contributed by atoms with Crippen LogP contribution in [0.15, 0.2) is 20.8 Å². The lowest BCUT2D eigenvalue weighted by molar-refractivity contribution is -0.157. The first-order valence-electron chi connectivity index (χ1n) is 12.1. The van der Waals surface area contributed by atoms with Crippen LogP contribution in [0.2, 0.25) is 0 Å². The molecule has 2 aromatic heterocycles. The molecule has 0 aliphatic heterocycles. The van der Waals surface area contributed by atoms with Crippen LogP contribution < -0.4 is 21.4 Å². The summed E-state index contributed by atoms with van der Waals surface area (Å²) < 4.78 is 32.1. The Bertz CT molecular complexity index is 1100. The van der Waals surface area contributed by atoms with Crippen molar-refractivity contribution in [2.45, 2.75) is 96.2 Å². The van der Waals surface area contributed by atoms with Crippen LogP contribution in [0.25, 0.3) is 11.5 Å². The number of carbonyl (C=O) groups is 2. The summed E-state index contributed by atoms with van der Waals surface area (Å²) in [6.07, 6.45) is 0.972. The number of thiazole rings is 1. The molecule has 0 saturated carbocycles. The van der Waals surface area contributed by atoms with Gasteiger partial charge in [0.2, 0.25) is 0 Å². The lowest BCUT2D eigenvalue weighted by atomic mass is 10.2. The van der Waals surface area contributed by atoms with Gasteiger partial charge < -0.3 is 19.6 Å². The largest absolute Gasteiger partial charge is 0.459 e. The number of ether oxygens (including phenoxy) is 2. The van der Waals surface area contributed by atoms with Gasteiger partial charge in [0.25, 0.3) is 7.44 Å². The summed E-state index contributed by atoms with van der Waals surface area (Å²) in [7, 11) is -3.88. The summed E-state index contributed by atoms with van der Waals surface area (Å²) in [4.78, 5) is 29.7. The van der Waals surface area contributed by atoms with Crippen molar-refractivity contribution in [1.82, 2.24) is 15.2 Å². The number of thioether (sulfide) groups is 1. The van der Waals surface area contributed by atoms with E-state index in [-0.39, 0.29) is 5.50 Å². The highest BCUT2D eigenvalue weighted by Gasteiger charge is 2.38. The Morgan fingerprint density at radius 2 is 1.59 bits per heavy atom. The van der Waals surface area contributed by atoms with Crippen LogP contribution >= 0.6 is 30.5 Å². The fourth-order valence-electron chi connectivity index (χ4n) is 2.99. The zero-order chi connectivity index (χ0) is 28.2. The zero-order valence-corrected chi connectivity index (χ0v) is 25.5. The summed E-state index contributed by atoms with van der Waals surface area (Å²) in [6, 6.07) is 1.21. The SMILES string of the molecule is CCCSc1sc(N)nc1-c1ccc(P(=O)(N[C@@H](C)C(=O)OC(C)(C)C)N[C@@H](C)C(=O)OC(C)(C)C)o1. The number of hydrogen-bond acceptors (Lipinski definition) is 10. The van der Waals surface area contributed by atoms with E-state index in [2.05, 4.69) is 22.1 Å². The molecule has 0 aromatic carbocycles. The number of nitrogens with two attached hydrogens (primary N) is 1. The first kappa shape index (κ1) is 31.4. The van der Waals surface area contributed by atoms with Gasteiger partial charge in [0.1, 0.15) is 29.0 Å². The second-order valence-corrected chi connectivity index (χ2v) is 15.1. The molecule has 0 bridgehead atoms. The Balaban J connectivity index is 2.42. The molecule has 0 saturated heterocycles. The average molecular weight is 575 g/mol. The molecular weight excluding hydrogens is 535 g/mol. The predicted octanol–water partition coefficient (Wildman–Crippen LogP) is 4.95. The second kappa shape index (κ2) is 12.3. The lowest BCUT2D eigenvalue weighted by Crippen LogP contribution is -2.46. The Morgan fingerprint density at radius 1 is 1.08 bits per heavy atom. The molecule has 0 radical (unpaired) electrons. The minimum atomic E-state index is -3.88. The van der Waals surface area contributed by atoms with Gasteiger partial charge in [-0.3, -0.25) is 14.2 Å². The third-order valence-corrected chi connectivity index (χ3v) is 9.17. The maximum Gasteiger partial charge on any atom is 0.323 e. The van der Waals surface area contributed by atoms with Crippen molar-refractivity contribution in [2.75, 3.05) is 11.5 Å². The smallest absolute Gasteiger partial charge is 0.323 e. The van der Waals surface area contributed by atoms with E-state index in [1.54, 1.807) is 59.4 Å². The van der Waals surface area contributed by atoms with Crippen molar-refractivity contribution in [3.63, 3.8) is 0 Å². The number of nitrogens with one attached hydrogen (secondary N) is 2. The molecule has 2 atom stereocenters. The second-order valence-electron chi connectivity index (χ2n) is 10.6. The lowest BCUT2D eigenvalue weighted by Gasteiger charge is -2.28. The van der Waals surface area contributed by atoms with Crippen molar-refractivity contribution >= 4 is 53.1 Å². The highest BCUT2D eigenvalue weighted by atomic mass is 32.2. The summed E-state index contributed by atoms with van der Waals surface area (Å²) >= 11 is 2.96. The van der Waals surface area contributed by atoms with Crippen molar-refractivity contribution in [2.24, 2.45) is 0 Å². The topological polar surface area (TPSA) is 146 Å². The van der Waals surface area contributed by atoms with Gasteiger partial charge in [-0.25, -0.2) is 15.2 Å². The van der Waals surface area contributed by atoms with E-state index in [1.165, 1.54) is 31.3 Å². The van der Waals surface area contributed by atoms with Crippen LogP contribution in [0.4, 0.5) is 5.13 Å². The van der Waals surface area contributed by atoms with Crippen molar-refractivity contribution in [3.8, 4) is 11.5 Å². The normalized spacial score (nSPS) is 14.3. The Kier molecular flexibility index (Phi) is 10.5. The first-order valence-corrected chi connectivity index (χ1v) is 15.6. The highest BCUT2D eigenvalue weighted by molar-refractivity contribution is 8.01. The molecule has 0 spiro atoms. The Hall–Kier alpha value is -1.85. The molecule has 0 fully saturated rings. The van der Waals surface area contributed by atoms with Gasteiger partial charge >= 0.3 is 11.9 Å². The highest BCUT2D eigenvalue weighted by Crippen LogP contribution is 2.42. The van der Waals surface area contributed by atoms with E-state index in [1.807, 2.05) is 0 Å². The quantitative estimate of drug-likeness (QED) is 0.190. The summed E-state index contributed by atoms with van der Waals surface area (Å²) in [6.45, 7) is 15.6. The third-order valence-electron chi connectivity index (χ3n) is 4.46. The third kappa shape index (κ3) is 9.44. The van der Waals surface area contributed by atoms with Gasteiger partial charge in [-0.2, -0.15) is 0 Å². The maximum absolute atomic E-state index is 14.3. The van der Waals surface area contributed by atoms with Crippen LogP contribution in [-0.4, -0.2) is 46.0 Å². The molecule has 13 heteroatoms. The minimum absolute atomic E-state index is 0.0198. The molecule has 2 aromatic rings. The summed E-state index contributed by atoms with van der Waals surface area (Å²) in [5.41, 5.74) is 5.06. The number of nitrogen functional groups attached to an aromatic ring is 1. The van der Waals surface area contributed by atoms with Gasteiger partial charge in [0, 0.05) is 0 Å². The number of rotatable bonds is 11. The molecule has 0 aliphatic rings. The fraction of sp³-hybridized carbons (Fsp3) is 0.625. The van der Waals surface area contributed by atoms with Crippen LogP contribution in [0.5, 0.6) is 0 Å². The number of carbonyl (C=O) groups excluding carboxylic acids is 2. The molecule has 0 aliphatic carbocycles. The van der Waals surface area contributed by atoms with Gasteiger partial charge in [0.05, 0.1) is 4.21 Å². The number of aromatic nitrogens is 1. The van der Waals surface area contributed by atoms with E-state index in [4.69, 9.17) is 19.6 Å². The number of furan rings is 1. The van der Waals surface area contributed by atoms with Crippen LogP contribution in [0, 0.1) is 0 Å². The first-order chi connectivity index (χ1) is 16.9. The van der Waals surface area contributed by atoms with Crippen molar-refractivity contribution in [1.29, 1.82) is 0 Å². The van der Waals surface area contributed by atoms with Gasteiger partial charge in [-0.15, -0.1) is 11.8 Å². The average Bonchev–Trinajstić information content (AvgIpc) is 3.36.